The fraction of sp³-hybridized carbons (Fsp3) is 0.538. The Morgan fingerprint density at radius 2 is 2.24 bits per heavy atom. The summed E-state index contributed by atoms with van der Waals surface area (Å²) >= 11 is 1.71. The second-order valence-corrected chi connectivity index (χ2v) is 5.24. The summed E-state index contributed by atoms with van der Waals surface area (Å²) in [6.45, 7) is 5.00. The van der Waals surface area contributed by atoms with Crippen molar-refractivity contribution in [2.75, 3.05) is 24.7 Å². The van der Waals surface area contributed by atoms with Crippen LogP contribution in [0.1, 0.15) is 20.3 Å². The van der Waals surface area contributed by atoms with Gasteiger partial charge in [0.25, 0.3) is 0 Å². The van der Waals surface area contributed by atoms with Crippen LogP contribution in [-0.4, -0.2) is 24.1 Å². The number of ether oxygens (including phenoxy) is 1. The van der Waals surface area contributed by atoms with Gasteiger partial charge in [0.2, 0.25) is 0 Å². The lowest BCUT2D eigenvalue weighted by Gasteiger charge is -2.11. The van der Waals surface area contributed by atoms with Gasteiger partial charge in [-0.1, -0.05) is 13.8 Å². The van der Waals surface area contributed by atoms with E-state index in [-0.39, 0.29) is 6.61 Å². The van der Waals surface area contributed by atoms with E-state index in [9.17, 15) is 0 Å². The van der Waals surface area contributed by atoms with Crippen LogP contribution in [-0.2, 0) is 0 Å². The summed E-state index contributed by atoms with van der Waals surface area (Å²) in [7, 11) is 0. The molecule has 0 aliphatic heterocycles. The van der Waals surface area contributed by atoms with Gasteiger partial charge in [0.1, 0.15) is 5.75 Å². The van der Waals surface area contributed by atoms with Crippen molar-refractivity contribution in [1.29, 1.82) is 0 Å². The molecule has 0 aromatic heterocycles. The number of nitrogens with two attached hydrogens (primary N) is 1. The zero-order chi connectivity index (χ0) is 12.7. The summed E-state index contributed by atoms with van der Waals surface area (Å²) in [5, 5.41) is 8.97. The first kappa shape index (κ1) is 14.2. The van der Waals surface area contributed by atoms with Gasteiger partial charge in [0.15, 0.2) is 0 Å². The average Bonchev–Trinajstić information content (AvgIpc) is 2.35. The number of hydrogen-bond donors (Lipinski definition) is 2. The molecule has 0 saturated carbocycles. The molecule has 0 saturated heterocycles. The summed E-state index contributed by atoms with van der Waals surface area (Å²) < 4.78 is 5.57. The zero-order valence-electron chi connectivity index (χ0n) is 10.5. The van der Waals surface area contributed by atoms with Crippen molar-refractivity contribution in [3.8, 4) is 5.75 Å². The van der Waals surface area contributed by atoms with Crippen LogP contribution < -0.4 is 10.5 Å². The zero-order valence-corrected chi connectivity index (χ0v) is 11.3. The van der Waals surface area contributed by atoms with Crippen LogP contribution >= 0.6 is 11.8 Å². The van der Waals surface area contributed by atoms with Gasteiger partial charge in [-0.25, -0.2) is 0 Å². The predicted molar refractivity (Wildman–Crippen MR) is 73.6 cm³/mol. The Morgan fingerprint density at radius 1 is 1.47 bits per heavy atom. The van der Waals surface area contributed by atoms with Crippen LogP contribution in [0.2, 0.25) is 0 Å². The number of rotatable bonds is 7. The molecule has 0 spiro atoms. The predicted octanol–water partition coefficient (Wildman–Crippen LogP) is 2.78. The van der Waals surface area contributed by atoms with Crippen molar-refractivity contribution < 1.29 is 9.84 Å². The standard InChI is InChI=1S/C13H21NO2S/c1-3-6-16-13-7-11(4-5-12(13)14)17-9-10(2)8-15/h4-5,7,10,15H,3,6,8-9,14H2,1-2H3. The van der Waals surface area contributed by atoms with E-state index in [4.69, 9.17) is 15.6 Å². The number of aliphatic hydroxyl groups is 1. The SMILES string of the molecule is CCCOc1cc(SCC(C)CO)ccc1N. The molecule has 3 nitrogen and oxygen atoms in total. The van der Waals surface area contributed by atoms with Gasteiger partial charge in [-0.15, -0.1) is 11.8 Å². The fourth-order valence-corrected chi connectivity index (χ4v) is 2.17. The summed E-state index contributed by atoms with van der Waals surface area (Å²) in [5.41, 5.74) is 6.52. The number of thioether (sulfide) groups is 1. The largest absolute Gasteiger partial charge is 0.491 e. The first-order valence-electron chi connectivity index (χ1n) is 5.93. The van der Waals surface area contributed by atoms with Gasteiger partial charge in [0.05, 0.1) is 12.3 Å². The molecule has 1 unspecified atom stereocenters. The van der Waals surface area contributed by atoms with Crippen molar-refractivity contribution >= 4 is 17.4 Å². The summed E-state index contributed by atoms with van der Waals surface area (Å²) in [5.74, 6) is 1.96. The molecule has 96 valence electrons. The van der Waals surface area contributed by atoms with E-state index in [1.54, 1.807) is 11.8 Å². The lowest BCUT2D eigenvalue weighted by molar-refractivity contribution is 0.250. The fourth-order valence-electron chi connectivity index (χ4n) is 1.23. The molecule has 0 heterocycles. The van der Waals surface area contributed by atoms with Gasteiger partial charge >= 0.3 is 0 Å². The Labute approximate surface area is 107 Å². The first-order chi connectivity index (χ1) is 8.17. The first-order valence-corrected chi connectivity index (χ1v) is 6.92. The summed E-state index contributed by atoms with van der Waals surface area (Å²) in [6, 6.07) is 5.83. The van der Waals surface area contributed by atoms with Gasteiger partial charge in [-0.3, -0.25) is 0 Å². The van der Waals surface area contributed by atoms with Gasteiger partial charge in [0, 0.05) is 17.3 Å². The minimum absolute atomic E-state index is 0.223. The van der Waals surface area contributed by atoms with E-state index < -0.39 is 0 Å². The number of nitrogen functional groups attached to an aromatic ring is 1. The molecule has 0 amide bonds. The third-order valence-corrected chi connectivity index (χ3v) is 3.62. The normalized spacial score (nSPS) is 12.4. The van der Waals surface area contributed by atoms with Crippen molar-refractivity contribution in [1.82, 2.24) is 0 Å². The number of anilines is 1. The molecule has 3 N–H and O–H groups in total. The quantitative estimate of drug-likeness (QED) is 0.581. The van der Waals surface area contributed by atoms with E-state index in [2.05, 4.69) is 6.92 Å². The number of benzene rings is 1. The Balaban J connectivity index is 2.61. The van der Waals surface area contributed by atoms with Crippen molar-refractivity contribution in [2.45, 2.75) is 25.2 Å². The maximum atomic E-state index is 8.97. The molecule has 0 fully saturated rings. The van der Waals surface area contributed by atoms with Crippen molar-refractivity contribution in [3.05, 3.63) is 18.2 Å². The molecule has 4 heteroatoms. The third kappa shape index (κ3) is 4.88. The van der Waals surface area contributed by atoms with Crippen LogP contribution in [0, 0.1) is 5.92 Å². The topological polar surface area (TPSA) is 55.5 Å². The van der Waals surface area contributed by atoms with E-state index in [1.165, 1.54) is 0 Å². The van der Waals surface area contributed by atoms with E-state index in [0.717, 1.165) is 22.8 Å². The molecule has 17 heavy (non-hydrogen) atoms. The Bertz CT molecular complexity index is 344. The van der Waals surface area contributed by atoms with Gasteiger partial charge in [-0.2, -0.15) is 0 Å². The Hall–Kier alpha value is -0.870. The second-order valence-electron chi connectivity index (χ2n) is 4.15. The van der Waals surface area contributed by atoms with Crippen LogP contribution in [0.4, 0.5) is 5.69 Å². The molecular weight excluding hydrogens is 234 g/mol. The Kier molecular flexibility index (Phi) is 6.22. The lowest BCUT2D eigenvalue weighted by Crippen LogP contribution is -2.03. The Morgan fingerprint density at radius 3 is 2.88 bits per heavy atom. The summed E-state index contributed by atoms with van der Waals surface area (Å²) in [6.07, 6.45) is 0.971. The maximum absolute atomic E-state index is 8.97. The molecule has 0 aliphatic rings. The van der Waals surface area contributed by atoms with Crippen LogP contribution in [0.3, 0.4) is 0 Å². The second kappa shape index (κ2) is 7.45. The van der Waals surface area contributed by atoms with Gasteiger partial charge in [-0.05, 0) is 30.5 Å². The highest BCUT2D eigenvalue weighted by Gasteiger charge is 2.05. The number of hydrogen-bond acceptors (Lipinski definition) is 4. The summed E-state index contributed by atoms with van der Waals surface area (Å²) in [4.78, 5) is 1.13. The van der Waals surface area contributed by atoms with Crippen LogP contribution in [0.25, 0.3) is 0 Å². The molecule has 1 aromatic rings. The highest BCUT2D eigenvalue weighted by molar-refractivity contribution is 7.99. The molecule has 0 radical (unpaired) electrons. The van der Waals surface area contributed by atoms with E-state index in [0.29, 0.717) is 18.2 Å². The highest BCUT2D eigenvalue weighted by Crippen LogP contribution is 2.29. The molecule has 0 bridgehead atoms. The third-order valence-electron chi connectivity index (χ3n) is 2.29. The van der Waals surface area contributed by atoms with E-state index in [1.807, 2.05) is 25.1 Å². The maximum Gasteiger partial charge on any atom is 0.143 e. The molecular formula is C13H21NO2S. The highest BCUT2D eigenvalue weighted by atomic mass is 32.2. The molecule has 1 atom stereocenters. The molecule has 1 aromatic carbocycles. The number of aliphatic hydroxyl groups excluding tert-OH is 1. The van der Waals surface area contributed by atoms with Crippen molar-refractivity contribution in [3.63, 3.8) is 0 Å². The smallest absolute Gasteiger partial charge is 0.143 e. The minimum Gasteiger partial charge on any atom is -0.491 e. The van der Waals surface area contributed by atoms with Gasteiger partial charge < -0.3 is 15.6 Å². The lowest BCUT2D eigenvalue weighted by atomic mass is 10.2. The minimum atomic E-state index is 0.223. The van der Waals surface area contributed by atoms with Crippen LogP contribution in [0.5, 0.6) is 5.75 Å². The average molecular weight is 255 g/mol. The van der Waals surface area contributed by atoms with E-state index >= 15 is 0 Å². The van der Waals surface area contributed by atoms with Crippen LogP contribution in [0.15, 0.2) is 23.1 Å². The van der Waals surface area contributed by atoms with Crippen molar-refractivity contribution in [2.24, 2.45) is 5.92 Å². The molecule has 0 aliphatic carbocycles. The molecule has 1 rings (SSSR count). The monoisotopic (exact) mass is 255 g/mol.